The second-order valence-corrected chi connectivity index (χ2v) is 5.47. The Bertz CT molecular complexity index is 608. The van der Waals surface area contributed by atoms with Gasteiger partial charge in [0.25, 0.3) is 0 Å². The summed E-state index contributed by atoms with van der Waals surface area (Å²) in [6.45, 7) is 4.11. The van der Waals surface area contributed by atoms with Crippen LogP contribution in [0.4, 0.5) is 0 Å². The quantitative estimate of drug-likeness (QED) is 0.912. The van der Waals surface area contributed by atoms with Crippen LogP contribution in [-0.4, -0.2) is 12.2 Å². The number of hydrogen-bond acceptors (Lipinski definition) is 2. The summed E-state index contributed by atoms with van der Waals surface area (Å²) < 4.78 is 5.29. The van der Waals surface area contributed by atoms with Crippen molar-refractivity contribution < 1.29 is 9.84 Å². The number of aryl methyl sites for hydroxylation is 2. The van der Waals surface area contributed by atoms with Crippen molar-refractivity contribution in [1.82, 2.24) is 0 Å². The maximum atomic E-state index is 10.5. The fourth-order valence-electron chi connectivity index (χ4n) is 2.30. The molecule has 2 rings (SSSR count). The van der Waals surface area contributed by atoms with Gasteiger partial charge in [-0.25, -0.2) is 0 Å². The van der Waals surface area contributed by atoms with Crippen LogP contribution in [0.25, 0.3) is 0 Å². The first-order valence-electron chi connectivity index (χ1n) is 6.59. The number of methoxy groups -OCH3 is 1. The fraction of sp³-hybridized carbons (Fsp3) is 0.294. The topological polar surface area (TPSA) is 29.5 Å². The van der Waals surface area contributed by atoms with Gasteiger partial charge in [0, 0.05) is 17.0 Å². The molecule has 0 aromatic heterocycles. The molecule has 20 heavy (non-hydrogen) atoms. The highest BCUT2D eigenvalue weighted by molar-refractivity contribution is 6.30. The van der Waals surface area contributed by atoms with Crippen LogP contribution in [0.15, 0.2) is 36.4 Å². The highest BCUT2D eigenvalue weighted by Crippen LogP contribution is 2.30. The molecule has 2 nitrogen and oxygen atoms in total. The van der Waals surface area contributed by atoms with Gasteiger partial charge in [-0.1, -0.05) is 41.4 Å². The van der Waals surface area contributed by atoms with Gasteiger partial charge < -0.3 is 9.84 Å². The van der Waals surface area contributed by atoms with Crippen LogP contribution in [0.3, 0.4) is 0 Å². The number of benzene rings is 2. The number of hydrogen-bond donors (Lipinski definition) is 1. The summed E-state index contributed by atoms with van der Waals surface area (Å²) >= 11 is 5.94. The van der Waals surface area contributed by atoms with Crippen LogP contribution in [-0.2, 0) is 6.42 Å². The minimum atomic E-state index is -0.609. The molecule has 0 saturated carbocycles. The summed E-state index contributed by atoms with van der Waals surface area (Å²) in [5.74, 6) is 0.621. The van der Waals surface area contributed by atoms with Crippen LogP contribution in [0, 0.1) is 13.8 Å². The second kappa shape index (κ2) is 6.29. The molecule has 3 heteroatoms. The van der Waals surface area contributed by atoms with Crippen LogP contribution >= 0.6 is 11.6 Å². The molecule has 0 bridgehead atoms. The van der Waals surface area contributed by atoms with Crippen molar-refractivity contribution >= 4 is 11.6 Å². The number of aliphatic hydroxyl groups excluding tert-OH is 1. The van der Waals surface area contributed by atoms with E-state index in [9.17, 15) is 5.11 Å². The monoisotopic (exact) mass is 290 g/mol. The molecule has 0 aliphatic heterocycles. The Hall–Kier alpha value is -1.51. The Labute approximate surface area is 125 Å². The lowest BCUT2D eigenvalue weighted by Crippen LogP contribution is -2.05. The molecule has 0 spiro atoms. The first-order chi connectivity index (χ1) is 9.51. The summed E-state index contributed by atoms with van der Waals surface area (Å²) in [4.78, 5) is 0. The Balaban J connectivity index is 2.28. The Morgan fingerprint density at radius 3 is 2.60 bits per heavy atom. The normalized spacial score (nSPS) is 12.2. The van der Waals surface area contributed by atoms with Gasteiger partial charge in [-0.15, -0.1) is 0 Å². The van der Waals surface area contributed by atoms with E-state index in [1.165, 1.54) is 11.1 Å². The van der Waals surface area contributed by atoms with Crippen LogP contribution in [0.2, 0.25) is 5.02 Å². The highest BCUT2D eigenvalue weighted by atomic mass is 35.5. The van der Waals surface area contributed by atoms with Gasteiger partial charge in [-0.05, 0) is 37.1 Å². The lowest BCUT2D eigenvalue weighted by Gasteiger charge is -2.16. The van der Waals surface area contributed by atoms with E-state index in [1.807, 2.05) is 6.07 Å². The summed E-state index contributed by atoms with van der Waals surface area (Å²) in [7, 11) is 1.58. The molecular weight excluding hydrogens is 272 g/mol. The van der Waals surface area contributed by atoms with Crippen molar-refractivity contribution in [3.8, 4) is 5.75 Å². The molecule has 0 aliphatic carbocycles. The Kier molecular flexibility index (Phi) is 4.69. The Morgan fingerprint density at radius 2 is 1.90 bits per heavy atom. The van der Waals surface area contributed by atoms with Gasteiger partial charge >= 0.3 is 0 Å². The van der Waals surface area contributed by atoms with Gasteiger partial charge in [-0.3, -0.25) is 0 Å². The van der Waals surface area contributed by atoms with Crippen molar-refractivity contribution in [1.29, 1.82) is 0 Å². The van der Waals surface area contributed by atoms with Gasteiger partial charge in [-0.2, -0.15) is 0 Å². The highest BCUT2D eigenvalue weighted by Gasteiger charge is 2.15. The molecule has 0 radical (unpaired) electrons. The molecule has 106 valence electrons. The molecule has 0 fully saturated rings. The average molecular weight is 291 g/mol. The van der Waals surface area contributed by atoms with Crippen LogP contribution < -0.4 is 4.74 Å². The molecule has 2 aromatic carbocycles. The summed E-state index contributed by atoms with van der Waals surface area (Å²) in [5.41, 5.74) is 4.29. The zero-order valence-corrected chi connectivity index (χ0v) is 12.7. The molecule has 1 unspecified atom stereocenters. The predicted octanol–water partition coefficient (Wildman–Crippen LogP) is 4.24. The molecule has 1 N–H and O–H groups in total. The zero-order valence-electron chi connectivity index (χ0n) is 12.0. The van der Waals surface area contributed by atoms with E-state index in [0.717, 1.165) is 11.1 Å². The average Bonchev–Trinajstić information content (AvgIpc) is 2.42. The molecular formula is C17H19ClO2. The first-order valence-corrected chi connectivity index (χ1v) is 6.96. The van der Waals surface area contributed by atoms with Crippen LogP contribution in [0.5, 0.6) is 5.75 Å². The maximum absolute atomic E-state index is 10.5. The smallest absolute Gasteiger partial charge is 0.126 e. The van der Waals surface area contributed by atoms with Gasteiger partial charge in [0.05, 0.1) is 13.2 Å². The number of aliphatic hydroxyl groups is 1. The van der Waals surface area contributed by atoms with E-state index in [-0.39, 0.29) is 0 Å². The van der Waals surface area contributed by atoms with Crippen molar-refractivity contribution in [3.05, 3.63) is 63.7 Å². The van der Waals surface area contributed by atoms with Crippen molar-refractivity contribution in [3.63, 3.8) is 0 Å². The van der Waals surface area contributed by atoms with Gasteiger partial charge in [0.1, 0.15) is 5.75 Å². The summed E-state index contributed by atoms with van der Waals surface area (Å²) in [6, 6.07) is 11.6. The SMILES string of the molecule is COc1cc(Cl)ccc1C(O)Cc1cc(C)ccc1C. The predicted molar refractivity (Wildman–Crippen MR) is 82.6 cm³/mol. The fourth-order valence-corrected chi connectivity index (χ4v) is 2.46. The zero-order chi connectivity index (χ0) is 14.7. The Morgan fingerprint density at radius 1 is 1.15 bits per heavy atom. The largest absolute Gasteiger partial charge is 0.496 e. The van der Waals surface area contributed by atoms with E-state index in [4.69, 9.17) is 16.3 Å². The van der Waals surface area contributed by atoms with E-state index in [2.05, 4.69) is 32.0 Å². The lowest BCUT2D eigenvalue weighted by atomic mass is 9.96. The minimum absolute atomic E-state index is 0.561. The van der Waals surface area contributed by atoms with E-state index < -0.39 is 6.10 Å². The minimum Gasteiger partial charge on any atom is -0.496 e. The summed E-state index contributed by atoms with van der Waals surface area (Å²) in [5, 5.41) is 11.1. The molecule has 1 atom stereocenters. The van der Waals surface area contributed by atoms with Gasteiger partial charge in [0.2, 0.25) is 0 Å². The second-order valence-electron chi connectivity index (χ2n) is 5.04. The number of ether oxygens (including phenoxy) is 1. The maximum Gasteiger partial charge on any atom is 0.126 e. The molecule has 0 aliphatic rings. The first kappa shape index (κ1) is 14.9. The van der Waals surface area contributed by atoms with Crippen molar-refractivity contribution in [2.24, 2.45) is 0 Å². The third kappa shape index (κ3) is 3.33. The van der Waals surface area contributed by atoms with E-state index in [1.54, 1.807) is 19.2 Å². The molecule has 0 amide bonds. The van der Waals surface area contributed by atoms with E-state index >= 15 is 0 Å². The molecule has 2 aromatic rings. The van der Waals surface area contributed by atoms with Gasteiger partial charge in [0.15, 0.2) is 0 Å². The molecule has 0 heterocycles. The van der Waals surface area contributed by atoms with E-state index in [0.29, 0.717) is 17.2 Å². The number of rotatable bonds is 4. The lowest BCUT2D eigenvalue weighted by molar-refractivity contribution is 0.174. The van der Waals surface area contributed by atoms with Crippen LogP contribution in [0.1, 0.15) is 28.4 Å². The third-order valence-corrected chi connectivity index (χ3v) is 3.71. The summed E-state index contributed by atoms with van der Waals surface area (Å²) in [6.07, 6.45) is -0.0476. The molecule has 0 saturated heterocycles. The van der Waals surface area contributed by atoms with Crippen molar-refractivity contribution in [2.75, 3.05) is 7.11 Å². The standard InChI is InChI=1S/C17H19ClO2/c1-11-4-5-12(2)13(8-11)9-16(19)15-7-6-14(18)10-17(15)20-3/h4-8,10,16,19H,9H2,1-3H3. The third-order valence-electron chi connectivity index (χ3n) is 3.47. The van der Waals surface area contributed by atoms with Crippen molar-refractivity contribution in [2.45, 2.75) is 26.4 Å². The number of halogens is 1.